The van der Waals surface area contributed by atoms with E-state index in [0.717, 1.165) is 25.9 Å². The van der Waals surface area contributed by atoms with Crippen LogP contribution in [-0.4, -0.2) is 26.2 Å². The number of ether oxygens (including phenoxy) is 1. The van der Waals surface area contributed by atoms with Gasteiger partial charge in [-0.25, -0.2) is 0 Å². The third kappa shape index (κ3) is 5.27. The highest BCUT2D eigenvalue weighted by molar-refractivity contribution is 6.39. The molecule has 1 aromatic rings. The number of nitrogen functional groups attached to an aromatic ring is 1. The molecule has 1 amide bonds. The minimum atomic E-state index is -0.199. The van der Waals surface area contributed by atoms with Gasteiger partial charge in [0, 0.05) is 25.8 Å². The molecule has 0 aliphatic heterocycles. The van der Waals surface area contributed by atoms with E-state index < -0.39 is 0 Å². The summed E-state index contributed by atoms with van der Waals surface area (Å²) in [4.78, 5) is 11.9. The van der Waals surface area contributed by atoms with Crippen LogP contribution in [0.3, 0.4) is 0 Å². The number of benzene rings is 1. The molecule has 0 bridgehead atoms. The normalized spacial score (nSPS) is 10.5. The first-order valence-corrected chi connectivity index (χ1v) is 6.83. The van der Waals surface area contributed by atoms with E-state index in [9.17, 15) is 4.79 Å². The molecule has 3 N–H and O–H groups in total. The van der Waals surface area contributed by atoms with Crippen molar-refractivity contribution in [3.05, 3.63) is 27.7 Å². The molecule has 0 aliphatic rings. The Labute approximate surface area is 123 Å². The SMILES string of the molecule is COCCCCCNC(=O)c1cc(Cl)c(N)c(Cl)c1. The second kappa shape index (κ2) is 8.25. The van der Waals surface area contributed by atoms with Crippen LogP contribution in [0.4, 0.5) is 5.69 Å². The molecule has 0 radical (unpaired) electrons. The molecule has 106 valence electrons. The van der Waals surface area contributed by atoms with Gasteiger partial charge in [-0.05, 0) is 31.4 Å². The molecule has 0 spiro atoms. The highest BCUT2D eigenvalue weighted by atomic mass is 35.5. The van der Waals surface area contributed by atoms with Gasteiger partial charge in [0.25, 0.3) is 5.91 Å². The van der Waals surface area contributed by atoms with Crippen LogP contribution >= 0.6 is 23.2 Å². The lowest BCUT2D eigenvalue weighted by atomic mass is 10.2. The van der Waals surface area contributed by atoms with E-state index >= 15 is 0 Å². The van der Waals surface area contributed by atoms with Crippen LogP contribution in [0.1, 0.15) is 29.6 Å². The quantitative estimate of drug-likeness (QED) is 0.601. The van der Waals surface area contributed by atoms with E-state index in [4.69, 9.17) is 33.7 Å². The molecule has 0 heterocycles. The fourth-order valence-electron chi connectivity index (χ4n) is 1.57. The van der Waals surface area contributed by atoms with Gasteiger partial charge in [0.2, 0.25) is 0 Å². The Morgan fingerprint density at radius 3 is 2.47 bits per heavy atom. The predicted octanol–water partition coefficient (Wildman–Crippen LogP) is 3.12. The van der Waals surface area contributed by atoms with E-state index in [1.807, 2.05) is 0 Å². The Kier molecular flexibility index (Phi) is 6.99. The van der Waals surface area contributed by atoms with Crippen LogP contribution in [0.5, 0.6) is 0 Å². The smallest absolute Gasteiger partial charge is 0.251 e. The van der Waals surface area contributed by atoms with Gasteiger partial charge >= 0.3 is 0 Å². The summed E-state index contributed by atoms with van der Waals surface area (Å²) in [6.45, 7) is 1.36. The summed E-state index contributed by atoms with van der Waals surface area (Å²) in [7, 11) is 1.68. The number of carbonyl (C=O) groups is 1. The van der Waals surface area contributed by atoms with Crippen molar-refractivity contribution in [1.29, 1.82) is 0 Å². The molecule has 1 rings (SSSR count). The summed E-state index contributed by atoms with van der Waals surface area (Å²) in [6, 6.07) is 3.03. The molecule has 4 nitrogen and oxygen atoms in total. The van der Waals surface area contributed by atoms with Crippen molar-refractivity contribution in [3.8, 4) is 0 Å². The average Bonchev–Trinajstić information content (AvgIpc) is 2.39. The minimum absolute atomic E-state index is 0.199. The second-order valence-corrected chi connectivity index (χ2v) is 4.98. The largest absolute Gasteiger partial charge is 0.396 e. The van der Waals surface area contributed by atoms with E-state index in [1.165, 1.54) is 12.1 Å². The molecule has 19 heavy (non-hydrogen) atoms. The Morgan fingerprint density at radius 1 is 1.26 bits per heavy atom. The zero-order chi connectivity index (χ0) is 14.3. The number of methoxy groups -OCH3 is 1. The van der Waals surface area contributed by atoms with Gasteiger partial charge in [0.1, 0.15) is 0 Å². The molecular formula is C13H18Cl2N2O2. The third-order valence-electron chi connectivity index (χ3n) is 2.65. The topological polar surface area (TPSA) is 64.3 Å². The minimum Gasteiger partial charge on any atom is -0.396 e. The number of carbonyl (C=O) groups excluding carboxylic acids is 1. The second-order valence-electron chi connectivity index (χ2n) is 4.16. The predicted molar refractivity (Wildman–Crippen MR) is 78.9 cm³/mol. The van der Waals surface area contributed by atoms with E-state index in [-0.39, 0.29) is 16.0 Å². The van der Waals surface area contributed by atoms with Crippen molar-refractivity contribution in [1.82, 2.24) is 5.32 Å². The molecule has 0 unspecified atom stereocenters. The van der Waals surface area contributed by atoms with Gasteiger partial charge in [-0.15, -0.1) is 0 Å². The number of hydrogen-bond acceptors (Lipinski definition) is 3. The summed E-state index contributed by atoms with van der Waals surface area (Å²) in [6.07, 6.45) is 2.91. The average molecular weight is 305 g/mol. The van der Waals surface area contributed by atoms with E-state index in [0.29, 0.717) is 17.8 Å². The molecule has 0 saturated heterocycles. The van der Waals surface area contributed by atoms with Crippen molar-refractivity contribution < 1.29 is 9.53 Å². The Hall–Kier alpha value is -0.970. The van der Waals surface area contributed by atoms with Crippen molar-refractivity contribution in [2.75, 3.05) is 26.0 Å². The highest BCUT2D eigenvalue weighted by Gasteiger charge is 2.10. The highest BCUT2D eigenvalue weighted by Crippen LogP contribution is 2.28. The molecule has 0 aliphatic carbocycles. The molecule has 0 fully saturated rings. The van der Waals surface area contributed by atoms with Crippen molar-refractivity contribution in [3.63, 3.8) is 0 Å². The number of halogens is 2. The molecule has 6 heteroatoms. The van der Waals surface area contributed by atoms with E-state index in [2.05, 4.69) is 5.32 Å². The van der Waals surface area contributed by atoms with Crippen molar-refractivity contribution in [2.24, 2.45) is 0 Å². The maximum atomic E-state index is 11.9. The van der Waals surface area contributed by atoms with Crippen LogP contribution in [0.2, 0.25) is 10.0 Å². The van der Waals surface area contributed by atoms with Crippen molar-refractivity contribution in [2.45, 2.75) is 19.3 Å². The molecule has 0 atom stereocenters. The van der Waals surface area contributed by atoms with Gasteiger partial charge in [0.05, 0.1) is 15.7 Å². The Bertz CT molecular complexity index is 416. The lowest BCUT2D eigenvalue weighted by Crippen LogP contribution is -2.24. The Balaban J connectivity index is 2.42. The number of amides is 1. The monoisotopic (exact) mass is 304 g/mol. The molecule has 1 aromatic carbocycles. The van der Waals surface area contributed by atoms with Crippen LogP contribution in [-0.2, 0) is 4.74 Å². The summed E-state index contributed by atoms with van der Waals surface area (Å²) in [5, 5.41) is 3.39. The lowest BCUT2D eigenvalue weighted by Gasteiger charge is -2.08. The summed E-state index contributed by atoms with van der Waals surface area (Å²) in [5.41, 5.74) is 6.32. The van der Waals surface area contributed by atoms with Crippen LogP contribution < -0.4 is 11.1 Å². The first kappa shape index (κ1) is 16.1. The van der Waals surface area contributed by atoms with Gasteiger partial charge in [-0.2, -0.15) is 0 Å². The fraction of sp³-hybridized carbons (Fsp3) is 0.462. The first-order chi connectivity index (χ1) is 9.06. The molecular weight excluding hydrogens is 287 g/mol. The zero-order valence-corrected chi connectivity index (χ0v) is 12.4. The van der Waals surface area contributed by atoms with Crippen LogP contribution in [0.15, 0.2) is 12.1 Å². The van der Waals surface area contributed by atoms with Crippen molar-refractivity contribution >= 4 is 34.8 Å². The molecule has 0 aromatic heterocycles. The lowest BCUT2D eigenvalue weighted by molar-refractivity contribution is 0.0952. The number of anilines is 1. The van der Waals surface area contributed by atoms with Gasteiger partial charge in [-0.1, -0.05) is 23.2 Å². The van der Waals surface area contributed by atoms with Gasteiger partial charge in [-0.3, -0.25) is 4.79 Å². The number of hydrogen-bond donors (Lipinski definition) is 2. The van der Waals surface area contributed by atoms with Gasteiger partial charge < -0.3 is 15.8 Å². The number of nitrogens with one attached hydrogen (secondary N) is 1. The fourth-order valence-corrected chi connectivity index (χ4v) is 2.05. The Morgan fingerprint density at radius 2 is 1.89 bits per heavy atom. The standard InChI is InChI=1S/C13H18Cl2N2O2/c1-19-6-4-2-3-5-17-13(18)9-7-10(14)12(16)11(15)8-9/h7-8H,2-6,16H2,1H3,(H,17,18). The molecule has 0 saturated carbocycles. The number of unbranched alkanes of at least 4 members (excludes halogenated alkanes) is 2. The summed E-state index contributed by atoms with van der Waals surface area (Å²) >= 11 is 11.8. The van der Waals surface area contributed by atoms with E-state index in [1.54, 1.807) is 7.11 Å². The van der Waals surface area contributed by atoms with Crippen LogP contribution in [0, 0.1) is 0 Å². The van der Waals surface area contributed by atoms with Crippen LogP contribution in [0.25, 0.3) is 0 Å². The first-order valence-electron chi connectivity index (χ1n) is 6.08. The number of rotatable bonds is 7. The third-order valence-corrected chi connectivity index (χ3v) is 3.28. The number of nitrogens with two attached hydrogens (primary N) is 1. The summed E-state index contributed by atoms with van der Waals surface area (Å²) < 4.78 is 4.95. The maximum absolute atomic E-state index is 11.9. The zero-order valence-electron chi connectivity index (χ0n) is 10.8. The van der Waals surface area contributed by atoms with Gasteiger partial charge in [0.15, 0.2) is 0 Å². The maximum Gasteiger partial charge on any atom is 0.251 e. The summed E-state index contributed by atoms with van der Waals surface area (Å²) in [5.74, 6) is -0.199.